The lowest BCUT2D eigenvalue weighted by molar-refractivity contribution is 0.0923. The minimum atomic E-state index is -0.709. The molecule has 0 spiro atoms. The van der Waals surface area contributed by atoms with Crippen LogP contribution in [-0.4, -0.2) is 39.2 Å². The van der Waals surface area contributed by atoms with E-state index < -0.39 is 6.10 Å². The first-order valence-corrected chi connectivity index (χ1v) is 5.49. The van der Waals surface area contributed by atoms with Crippen LogP contribution in [0.2, 0.25) is 0 Å². The van der Waals surface area contributed by atoms with Gasteiger partial charge in [0.1, 0.15) is 0 Å². The number of rotatable bonds is 5. The van der Waals surface area contributed by atoms with Crippen LogP contribution in [0.1, 0.15) is 29.9 Å². The van der Waals surface area contributed by atoms with E-state index in [-0.39, 0.29) is 12.6 Å². The zero-order chi connectivity index (χ0) is 12.3. The van der Waals surface area contributed by atoms with E-state index in [9.17, 15) is 5.11 Å². The molecule has 0 bridgehead atoms. The van der Waals surface area contributed by atoms with Crippen molar-refractivity contribution in [2.24, 2.45) is 7.05 Å². The first-order chi connectivity index (χ1) is 7.47. The maximum absolute atomic E-state index is 9.26. The van der Waals surface area contributed by atoms with E-state index in [1.807, 2.05) is 32.5 Å². The monoisotopic (exact) mass is 227 g/mol. The van der Waals surface area contributed by atoms with Gasteiger partial charge in [0, 0.05) is 30.9 Å². The van der Waals surface area contributed by atoms with Crippen LogP contribution in [0.15, 0.2) is 0 Å². The number of hydrogen-bond donors (Lipinski definition) is 3. The molecule has 1 rings (SSSR count). The van der Waals surface area contributed by atoms with Crippen molar-refractivity contribution in [3.05, 3.63) is 17.0 Å². The molecule has 5 heteroatoms. The lowest BCUT2D eigenvalue weighted by Crippen LogP contribution is -2.31. The lowest BCUT2D eigenvalue weighted by Gasteiger charge is -2.16. The highest BCUT2D eigenvalue weighted by Crippen LogP contribution is 2.20. The summed E-state index contributed by atoms with van der Waals surface area (Å²) in [4.78, 5) is 0. The Labute approximate surface area is 96.1 Å². The molecule has 1 aromatic rings. The number of nitrogens with one attached hydrogen (secondary N) is 1. The topological polar surface area (TPSA) is 70.3 Å². The zero-order valence-corrected chi connectivity index (χ0v) is 10.4. The van der Waals surface area contributed by atoms with Gasteiger partial charge in [-0.1, -0.05) is 0 Å². The third kappa shape index (κ3) is 2.81. The van der Waals surface area contributed by atoms with Crippen molar-refractivity contribution in [2.75, 3.05) is 13.2 Å². The maximum atomic E-state index is 9.26. The van der Waals surface area contributed by atoms with Crippen LogP contribution in [-0.2, 0) is 7.05 Å². The van der Waals surface area contributed by atoms with Crippen LogP contribution in [0.4, 0.5) is 0 Å². The van der Waals surface area contributed by atoms with Gasteiger partial charge in [-0.2, -0.15) is 5.10 Å². The Bertz CT molecular complexity index is 349. The average Bonchev–Trinajstić information content (AvgIpc) is 2.49. The molecule has 0 aliphatic rings. The third-order valence-corrected chi connectivity index (χ3v) is 2.87. The molecule has 0 radical (unpaired) electrons. The minimum Gasteiger partial charge on any atom is -0.394 e. The molecule has 5 nitrogen and oxygen atoms in total. The van der Waals surface area contributed by atoms with Gasteiger partial charge < -0.3 is 15.5 Å². The van der Waals surface area contributed by atoms with Crippen LogP contribution >= 0.6 is 0 Å². The Balaban J connectivity index is 2.69. The van der Waals surface area contributed by atoms with Gasteiger partial charge in [0.25, 0.3) is 0 Å². The molecule has 0 fully saturated rings. The smallest absolute Gasteiger partial charge is 0.0895 e. The van der Waals surface area contributed by atoms with Crippen LogP contribution in [0.25, 0.3) is 0 Å². The van der Waals surface area contributed by atoms with Crippen LogP contribution < -0.4 is 5.32 Å². The van der Waals surface area contributed by atoms with E-state index in [4.69, 9.17) is 5.11 Å². The Kier molecular flexibility index (Phi) is 4.46. The van der Waals surface area contributed by atoms with Crippen molar-refractivity contribution < 1.29 is 10.2 Å². The normalized spacial score (nSPS) is 15.1. The van der Waals surface area contributed by atoms with Gasteiger partial charge in [0.2, 0.25) is 0 Å². The van der Waals surface area contributed by atoms with Gasteiger partial charge in [-0.05, 0) is 20.8 Å². The Morgan fingerprint density at radius 2 is 2.06 bits per heavy atom. The van der Waals surface area contributed by atoms with Crippen molar-refractivity contribution in [1.29, 1.82) is 0 Å². The van der Waals surface area contributed by atoms with Crippen molar-refractivity contribution in [3.63, 3.8) is 0 Å². The average molecular weight is 227 g/mol. The van der Waals surface area contributed by atoms with Crippen molar-refractivity contribution >= 4 is 0 Å². The molecule has 2 atom stereocenters. The van der Waals surface area contributed by atoms with E-state index >= 15 is 0 Å². The molecule has 0 aliphatic heterocycles. The first-order valence-electron chi connectivity index (χ1n) is 5.49. The van der Waals surface area contributed by atoms with E-state index in [1.165, 1.54) is 0 Å². The number of aliphatic hydroxyl groups excluding tert-OH is 2. The van der Waals surface area contributed by atoms with Gasteiger partial charge in [-0.3, -0.25) is 4.68 Å². The predicted molar refractivity (Wildman–Crippen MR) is 62.2 cm³/mol. The van der Waals surface area contributed by atoms with Crippen LogP contribution in [0, 0.1) is 13.8 Å². The quantitative estimate of drug-likeness (QED) is 0.664. The van der Waals surface area contributed by atoms with Gasteiger partial charge in [-0.25, -0.2) is 0 Å². The summed E-state index contributed by atoms with van der Waals surface area (Å²) in [6, 6.07) is 0.120. The van der Waals surface area contributed by atoms with Gasteiger partial charge in [0.05, 0.1) is 18.4 Å². The summed E-state index contributed by atoms with van der Waals surface area (Å²) < 4.78 is 1.85. The highest BCUT2D eigenvalue weighted by molar-refractivity contribution is 5.27. The summed E-state index contributed by atoms with van der Waals surface area (Å²) >= 11 is 0. The summed E-state index contributed by atoms with van der Waals surface area (Å²) in [7, 11) is 1.92. The third-order valence-electron chi connectivity index (χ3n) is 2.87. The fraction of sp³-hybridized carbons (Fsp3) is 0.727. The summed E-state index contributed by atoms with van der Waals surface area (Å²) in [5, 5.41) is 25.5. The molecule has 1 aromatic heterocycles. The summed E-state index contributed by atoms with van der Waals surface area (Å²) in [5.74, 6) is 0. The van der Waals surface area contributed by atoms with Crippen molar-refractivity contribution in [1.82, 2.24) is 15.1 Å². The van der Waals surface area contributed by atoms with Gasteiger partial charge in [-0.15, -0.1) is 0 Å². The fourth-order valence-corrected chi connectivity index (χ4v) is 1.90. The molecule has 3 N–H and O–H groups in total. The molecule has 0 saturated heterocycles. The zero-order valence-electron chi connectivity index (χ0n) is 10.4. The lowest BCUT2D eigenvalue weighted by atomic mass is 10.1. The second kappa shape index (κ2) is 5.43. The van der Waals surface area contributed by atoms with Gasteiger partial charge >= 0.3 is 0 Å². The molecule has 0 saturated carbocycles. The molecule has 16 heavy (non-hydrogen) atoms. The molecule has 0 aliphatic carbocycles. The maximum Gasteiger partial charge on any atom is 0.0895 e. The molecular weight excluding hydrogens is 206 g/mol. The minimum absolute atomic E-state index is 0.120. The largest absolute Gasteiger partial charge is 0.394 e. The SMILES string of the molecule is Cc1nn(C)c(C)c1C(C)NCC(O)CO. The Hall–Kier alpha value is -0.910. The second-order valence-electron chi connectivity index (χ2n) is 4.17. The summed E-state index contributed by atoms with van der Waals surface area (Å²) in [5.41, 5.74) is 3.28. The highest BCUT2D eigenvalue weighted by atomic mass is 16.3. The molecule has 2 unspecified atom stereocenters. The van der Waals surface area contributed by atoms with Gasteiger partial charge in [0.15, 0.2) is 0 Å². The van der Waals surface area contributed by atoms with Crippen molar-refractivity contribution in [3.8, 4) is 0 Å². The van der Waals surface area contributed by atoms with E-state index in [1.54, 1.807) is 0 Å². The molecule has 1 heterocycles. The number of aliphatic hydroxyl groups is 2. The molecule has 0 amide bonds. The molecular formula is C11H21N3O2. The molecule has 0 aromatic carbocycles. The Morgan fingerprint density at radius 3 is 2.50 bits per heavy atom. The standard InChI is InChI=1S/C11H21N3O2/c1-7(12-5-10(16)6-15)11-8(2)13-14(4)9(11)3/h7,10,12,15-16H,5-6H2,1-4H3. The molecule has 92 valence electrons. The fourth-order valence-electron chi connectivity index (χ4n) is 1.90. The second-order valence-corrected chi connectivity index (χ2v) is 4.17. The predicted octanol–water partition coefficient (Wildman–Crippen LogP) is 0.0407. The summed E-state index contributed by atoms with van der Waals surface area (Å²) in [6.45, 7) is 6.19. The van der Waals surface area contributed by atoms with Crippen LogP contribution in [0.3, 0.4) is 0 Å². The van der Waals surface area contributed by atoms with Crippen LogP contribution in [0.5, 0.6) is 0 Å². The number of aromatic nitrogens is 2. The summed E-state index contributed by atoms with van der Waals surface area (Å²) in [6.07, 6.45) is -0.709. The number of nitrogens with zero attached hydrogens (tertiary/aromatic N) is 2. The van der Waals surface area contributed by atoms with E-state index in [0.29, 0.717) is 6.54 Å². The van der Waals surface area contributed by atoms with Crippen molar-refractivity contribution in [2.45, 2.75) is 32.9 Å². The highest BCUT2D eigenvalue weighted by Gasteiger charge is 2.16. The van der Waals surface area contributed by atoms with E-state index in [2.05, 4.69) is 10.4 Å². The number of aryl methyl sites for hydroxylation is 2. The number of hydrogen-bond acceptors (Lipinski definition) is 4. The van der Waals surface area contributed by atoms with E-state index in [0.717, 1.165) is 17.0 Å². The Morgan fingerprint density at radius 1 is 1.44 bits per heavy atom. The first kappa shape index (κ1) is 13.2.